The molecule has 0 rings (SSSR count). The molecule has 0 bridgehead atoms. The number of carbonyl (C=O) groups excluding carboxylic acids is 1. The smallest absolute Gasteiger partial charge is 0.378 e. The summed E-state index contributed by atoms with van der Waals surface area (Å²) in [5.41, 5.74) is 0. The molecule has 2 nitrogen and oxygen atoms in total. The standard InChI is InChI=1S/C8H12F3NO/c1-3-12(4-2)6-5-7(13)8(9,10)11/h5-6H,3-4H2,1-2H3/b6-5-. The second-order valence-electron chi connectivity index (χ2n) is 2.40. The summed E-state index contributed by atoms with van der Waals surface area (Å²) in [6, 6.07) is 0. The van der Waals surface area contributed by atoms with Crippen LogP contribution in [-0.4, -0.2) is 29.9 Å². The van der Waals surface area contributed by atoms with E-state index in [2.05, 4.69) is 0 Å². The van der Waals surface area contributed by atoms with E-state index in [0.717, 1.165) is 6.20 Å². The quantitative estimate of drug-likeness (QED) is 0.639. The van der Waals surface area contributed by atoms with Gasteiger partial charge < -0.3 is 4.90 Å². The van der Waals surface area contributed by atoms with E-state index in [1.807, 2.05) is 0 Å². The highest BCUT2D eigenvalue weighted by molar-refractivity contribution is 5.94. The van der Waals surface area contributed by atoms with Crippen LogP contribution in [0.1, 0.15) is 13.8 Å². The van der Waals surface area contributed by atoms with Gasteiger partial charge in [0.15, 0.2) is 0 Å². The van der Waals surface area contributed by atoms with Crippen LogP contribution in [0.3, 0.4) is 0 Å². The normalized spacial score (nSPS) is 12.1. The Balaban J connectivity index is 4.19. The van der Waals surface area contributed by atoms with Gasteiger partial charge in [-0.3, -0.25) is 4.79 Å². The first-order valence-electron chi connectivity index (χ1n) is 3.95. The molecule has 0 saturated carbocycles. The average molecular weight is 195 g/mol. The molecule has 0 N–H and O–H groups in total. The molecule has 0 aromatic rings. The van der Waals surface area contributed by atoms with Crippen molar-refractivity contribution in [1.29, 1.82) is 0 Å². The minimum Gasteiger partial charge on any atom is -0.378 e. The summed E-state index contributed by atoms with van der Waals surface area (Å²) < 4.78 is 35.1. The van der Waals surface area contributed by atoms with Gasteiger partial charge in [0.1, 0.15) is 0 Å². The lowest BCUT2D eigenvalue weighted by Crippen LogP contribution is -2.22. The zero-order chi connectivity index (χ0) is 10.5. The van der Waals surface area contributed by atoms with Gasteiger partial charge in [0.2, 0.25) is 0 Å². The summed E-state index contributed by atoms with van der Waals surface area (Å²) >= 11 is 0. The van der Waals surface area contributed by atoms with E-state index in [1.54, 1.807) is 18.7 Å². The third-order valence-electron chi connectivity index (χ3n) is 1.53. The Labute approximate surface area is 75.0 Å². The van der Waals surface area contributed by atoms with Gasteiger partial charge in [0, 0.05) is 25.4 Å². The number of ketones is 1. The molecule has 0 atom stereocenters. The summed E-state index contributed by atoms with van der Waals surface area (Å²) in [6.07, 6.45) is -3.05. The van der Waals surface area contributed by atoms with Crippen LogP contribution >= 0.6 is 0 Å². The number of carbonyl (C=O) groups is 1. The van der Waals surface area contributed by atoms with Gasteiger partial charge in [-0.1, -0.05) is 0 Å². The maximum atomic E-state index is 11.7. The Hall–Kier alpha value is -1.00. The number of rotatable bonds is 4. The van der Waals surface area contributed by atoms with Gasteiger partial charge in [-0.25, -0.2) is 0 Å². The third-order valence-corrected chi connectivity index (χ3v) is 1.53. The van der Waals surface area contributed by atoms with Gasteiger partial charge in [0.05, 0.1) is 0 Å². The molecule has 0 radical (unpaired) electrons. The summed E-state index contributed by atoms with van der Waals surface area (Å²) in [4.78, 5) is 12.0. The second kappa shape index (κ2) is 4.89. The van der Waals surface area contributed by atoms with Crippen molar-refractivity contribution in [1.82, 2.24) is 4.90 Å². The number of nitrogens with zero attached hydrogens (tertiary/aromatic N) is 1. The summed E-state index contributed by atoms with van der Waals surface area (Å²) in [7, 11) is 0. The number of hydrogen-bond donors (Lipinski definition) is 0. The molecule has 0 heterocycles. The monoisotopic (exact) mass is 195 g/mol. The zero-order valence-corrected chi connectivity index (χ0v) is 7.56. The van der Waals surface area contributed by atoms with Crippen LogP contribution in [0.4, 0.5) is 13.2 Å². The second-order valence-corrected chi connectivity index (χ2v) is 2.40. The van der Waals surface area contributed by atoms with Crippen molar-refractivity contribution < 1.29 is 18.0 Å². The van der Waals surface area contributed by atoms with E-state index < -0.39 is 12.0 Å². The SMILES string of the molecule is CCN(/C=C\C(=O)C(F)(F)F)CC. The Morgan fingerprint density at radius 3 is 2.08 bits per heavy atom. The highest BCUT2D eigenvalue weighted by atomic mass is 19.4. The molecular weight excluding hydrogens is 183 g/mol. The lowest BCUT2D eigenvalue weighted by Gasteiger charge is -2.14. The van der Waals surface area contributed by atoms with E-state index >= 15 is 0 Å². The van der Waals surface area contributed by atoms with Crippen LogP contribution in [-0.2, 0) is 4.79 Å². The average Bonchev–Trinajstić information content (AvgIpc) is 2.04. The maximum Gasteiger partial charge on any atom is 0.454 e. The fraction of sp³-hybridized carbons (Fsp3) is 0.625. The van der Waals surface area contributed by atoms with Crippen LogP contribution in [0.5, 0.6) is 0 Å². The lowest BCUT2D eigenvalue weighted by molar-refractivity contribution is -0.165. The minimum absolute atomic E-state index is 0.549. The molecule has 0 aromatic carbocycles. The number of allylic oxidation sites excluding steroid dienone is 1. The molecule has 76 valence electrons. The molecule has 0 unspecified atom stereocenters. The molecule has 13 heavy (non-hydrogen) atoms. The van der Waals surface area contributed by atoms with Crippen molar-refractivity contribution in [3.05, 3.63) is 12.3 Å². The Bertz CT molecular complexity index is 194. The number of hydrogen-bond acceptors (Lipinski definition) is 2. The predicted molar refractivity (Wildman–Crippen MR) is 43.1 cm³/mol. The van der Waals surface area contributed by atoms with Crippen molar-refractivity contribution in [3.8, 4) is 0 Å². The van der Waals surface area contributed by atoms with Crippen molar-refractivity contribution in [2.75, 3.05) is 13.1 Å². The minimum atomic E-state index is -4.76. The molecule has 0 aliphatic rings. The van der Waals surface area contributed by atoms with E-state index in [4.69, 9.17) is 0 Å². The predicted octanol–water partition coefficient (Wildman–Crippen LogP) is 1.97. The summed E-state index contributed by atoms with van der Waals surface area (Å²) in [6.45, 7) is 4.76. The van der Waals surface area contributed by atoms with Gasteiger partial charge in [-0.05, 0) is 13.8 Å². The maximum absolute atomic E-state index is 11.7. The van der Waals surface area contributed by atoms with E-state index in [-0.39, 0.29) is 0 Å². The fourth-order valence-electron chi connectivity index (χ4n) is 0.702. The van der Waals surface area contributed by atoms with E-state index in [0.29, 0.717) is 19.2 Å². The largest absolute Gasteiger partial charge is 0.454 e. The fourth-order valence-corrected chi connectivity index (χ4v) is 0.702. The Kier molecular flexibility index (Phi) is 4.51. The molecule has 0 spiro atoms. The Morgan fingerprint density at radius 1 is 1.31 bits per heavy atom. The first kappa shape index (κ1) is 12.0. The lowest BCUT2D eigenvalue weighted by atomic mass is 10.3. The highest BCUT2D eigenvalue weighted by Crippen LogP contribution is 2.16. The van der Waals surface area contributed by atoms with E-state index in [1.165, 1.54) is 0 Å². The zero-order valence-electron chi connectivity index (χ0n) is 7.56. The third kappa shape index (κ3) is 4.55. The molecule has 0 aliphatic heterocycles. The van der Waals surface area contributed by atoms with Crippen molar-refractivity contribution in [2.24, 2.45) is 0 Å². The first-order valence-corrected chi connectivity index (χ1v) is 3.95. The van der Waals surface area contributed by atoms with Crippen LogP contribution in [0.15, 0.2) is 12.3 Å². The van der Waals surface area contributed by atoms with Crippen molar-refractivity contribution in [2.45, 2.75) is 20.0 Å². The Morgan fingerprint density at radius 2 is 1.77 bits per heavy atom. The molecular formula is C8H12F3NO. The molecule has 0 aromatic heterocycles. The van der Waals surface area contributed by atoms with Gasteiger partial charge in [0.25, 0.3) is 5.78 Å². The molecule has 5 heteroatoms. The molecule has 0 aliphatic carbocycles. The summed E-state index contributed by atoms with van der Waals surface area (Å²) in [5, 5.41) is 0. The molecule has 0 saturated heterocycles. The number of alkyl halides is 3. The van der Waals surface area contributed by atoms with Gasteiger partial charge >= 0.3 is 6.18 Å². The molecule has 0 fully saturated rings. The molecule has 0 amide bonds. The van der Waals surface area contributed by atoms with Crippen LogP contribution in [0, 0.1) is 0 Å². The van der Waals surface area contributed by atoms with Crippen LogP contribution < -0.4 is 0 Å². The van der Waals surface area contributed by atoms with Gasteiger partial charge in [-0.2, -0.15) is 13.2 Å². The summed E-state index contributed by atoms with van der Waals surface area (Å²) in [5.74, 6) is -1.82. The van der Waals surface area contributed by atoms with Gasteiger partial charge in [-0.15, -0.1) is 0 Å². The number of halogens is 3. The topological polar surface area (TPSA) is 20.3 Å². The highest BCUT2D eigenvalue weighted by Gasteiger charge is 2.36. The van der Waals surface area contributed by atoms with Crippen LogP contribution in [0.2, 0.25) is 0 Å². The van der Waals surface area contributed by atoms with E-state index in [9.17, 15) is 18.0 Å². The first-order chi connectivity index (χ1) is 5.91. The van der Waals surface area contributed by atoms with Crippen LogP contribution in [0.25, 0.3) is 0 Å². The van der Waals surface area contributed by atoms with Crippen molar-refractivity contribution >= 4 is 5.78 Å². The van der Waals surface area contributed by atoms with Crippen molar-refractivity contribution in [3.63, 3.8) is 0 Å².